The summed E-state index contributed by atoms with van der Waals surface area (Å²) in [7, 11) is 0. The topological polar surface area (TPSA) is 86.7 Å². The van der Waals surface area contributed by atoms with Crippen molar-refractivity contribution >= 4 is 46.8 Å². The van der Waals surface area contributed by atoms with Crippen LogP contribution in [0, 0.1) is 5.92 Å². The van der Waals surface area contributed by atoms with Crippen molar-refractivity contribution in [2.24, 2.45) is 5.92 Å². The standard InChI is InChI=1S/C13H12Cl2N2O4.C2H6/c1-6-4-5-17(11(6)18)13(21)16-10-8(14)3-2-7(9(10)15)12(19)20;1-2/h2-3,6H,4-5H2,1H3,(H,16,21)(H,19,20);1-2H3. The Morgan fingerprint density at radius 1 is 1.30 bits per heavy atom. The Hall–Kier alpha value is -1.79. The molecule has 126 valence electrons. The summed E-state index contributed by atoms with van der Waals surface area (Å²) in [4.78, 5) is 36.0. The molecule has 1 aliphatic rings. The van der Waals surface area contributed by atoms with Gasteiger partial charge in [-0.3, -0.25) is 9.69 Å². The molecule has 3 amide bonds. The Morgan fingerprint density at radius 3 is 2.39 bits per heavy atom. The zero-order chi connectivity index (χ0) is 17.7. The molecule has 0 spiro atoms. The maximum atomic E-state index is 12.1. The van der Waals surface area contributed by atoms with Crippen LogP contribution in [-0.4, -0.2) is 34.5 Å². The van der Waals surface area contributed by atoms with Gasteiger partial charge >= 0.3 is 12.0 Å². The molecular formula is C15H18Cl2N2O4. The van der Waals surface area contributed by atoms with Crippen LogP contribution in [0.3, 0.4) is 0 Å². The number of nitrogens with zero attached hydrogens (tertiary/aromatic N) is 1. The molecule has 0 saturated carbocycles. The molecule has 0 aromatic heterocycles. The van der Waals surface area contributed by atoms with Crippen molar-refractivity contribution in [2.45, 2.75) is 27.2 Å². The van der Waals surface area contributed by atoms with Gasteiger partial charge in [-0.15, -0.1) is 0 Å². The first-order valence-corrected chi connectivity index (χ1v) is 7.92. The average molecular weight is 361 g/mol. The van der Waals surface area contributed by atoms with E-state index >= 15 is 0 Å². The second-order valence-corrected chi connectivity index (χ2v) is 5.48. The Labute approximate surface area is 144 Å². The number of hydrogen-bond acceptors (Lipinski definition) is 3. The zero-order valence-electron chi connectivity index (χ0n) is 13.0. The molecule has 1 aromatic carbocycles. The zero-order valence-corrected chi connectivity index (χ0v) is 14.5. The minimum Gasteiger partial charge on any atom is -0.478 e. The van der Waals surface area contributed by atoms with Crippen LogP contribution in [-0.2, 0) is 4.79 Å². The van der Waals surface area contributed by atoms with Crippen LogP contribution in [0.1, 0.15) is 37.6 Å². The number of carbonyl (C=O) groups is 3. The summed E-state index contributed by atoms with van der Waals surface area (Å²) in [5, 5.41) is 11.3. The van der Waals surface area contributed by atoms with E-state index in [1.165, 1.54) is 12.1 Å². The summed E-state index contributed by atoms with van der Waals surface area (Å²) in [5.74, 6) is -1.74. The highest BCUT2D eigenvalue weighted by molar-refractivity contribution is 6.41. The predicted octanol–water partition coefficient (Wildman–Crippen LogP) is 4.12. The van der Waals surface area contributed by atoms with Crippen molar-refractivity contribution in [1.82, 2.24) is 4.90 Å². The van der Waals surface area contributed by atoms with Gasteiger partial charge in [-0.1, -0.05) is 44.0 Å². The van der Waals surface area contributed by atoms with Gasteiger partial charge < -0.3 is 10.4 Å². The lowest BCUT2D eigenvalue weighted by atomic mass is 10.1. The Balaban J connectivity index is 0.00000127. The molecule has 1 unspecified atom stereocenters. The number of imide groups is 1. The molecule has 6 nitrogen and oxygen atoms in total. The third kappa shape index (κ3) is 4.14. The number of anilines is 1. The van der Waals surface area contributed by atoms with Crippen molar-refractivity contribution in [3.05, 3.63) is 27.7 Å². The van der Waals surface area contributed by atoms with Crippen molar-refractivity contribution < 1.29 is 19.5 Å². The van der Waals surface area contributed by atoms with Gasteiger partial charge in [0.15, 0.2) is 0 Å². The molecule has 8 heteroatoms. The maximum Gasteiger partial charge on any atom is 0.337 e. The second kappa shape index (κ2) is 8.17. The molecule has 1 heterocycles. The minimum atomic E-state index is -1.24. The Morgan fingerprint density at radius 2 is 1.91 bits per heavy atom. The number of carbonyl (C=O) groups excluding carboxylic acids is 2. The fourth-order valence-corrected chi connectivity index (χ4v) is 2.58. The van der Waals surface area contributed by atoms with Crippen LogP contribution in [0.4, 0.5) is 10.5 Å². The third-order valence-electron chi connectivity index (χ3n) is 3.27. The lowest BCUT2D eigenvalue weighted by molar-refractivity contribution is -0.127. The molecule has 1 atom stereocenters. The first-order chi connectivity index (χ1) is 10.8. The van der Waals surface area contributed by atoms with Gasteiger partial charge in [0, 0.05) is 12.5 Å². The van der Waals surface area contributed by atoms with E-state index in [0.29, 0.717) is 13.0 Å². The number of carboxylic acids is 1. The first kappa shape index (κ1) is 19.3. The summed E-state index contributed by atoms with van der Waals surface area (Å²) < 4.78 is 0. The van der Waals surface area contributed by atoms with E-state index in [1.54, 1.807) is 6.92 Å². The van der Waals surface area contributed by atoms with E-state index in [-0.39, 0.29) is 33.1 Å². The third-order valence-corrected chi connectivity index (χ3v) is 3.98. The smallest absolute Gasteiger partial charge is 0.337 e. The number of urea groups is 1. The van der Waals surface area contributed by atoms with Crippen LogP contribution in [0.15, 0.2) is 12.1 Å². The van der Waals surface area contributed by atoms with Crippen molar-refractivity contribution in [3.8, 4) is 0 Å². The fourth-order valence-electron chi connectivity index (χ4n) is 2.03. The Bertz CT molecular complexity index is 634. The molecule has 2 rings (SSSR count). The van der Waals surface area contributed by atoms with Gasteiger partial charge in [0.25, 0.3) is 0 Å². The summed E-state index contributed by atoms with van der Waals surface area (Å²) in [6.07, 6.45) is 0.586. The first-order valence-electron chi connectivity index (χ1n) is 7.16. The molecule has 0 radical (unpaired) electrons. The largest absolute Gasteiger partial charge is 0.478 e. The van der Waals surface area contributed by atoms with Gasteiger partial charge in [0.1, 0.15) is 0 Å². The SMILES string of the molecule is CC.CC1CCN(C(=O)Nc2c(Cl)ccc(C(=O)O)c2Cl)C1=O. The number of nitrogens with one attached hydrogen (secondary N) is 1. The highest BCUT2D eigenvalue weighted by atomic mass is 35.5. The number of benzene rings is 1. The van der Waals surface area contributed by atoms with Crippen molar-refractivity contribution in [3.63, 3.8) is 0 Å². The highest BCUT2D eigenvalue weighted by Crippen LogP contribution is 2.34. The minimum absolute atomic E-state index is 0.0180. The summed E-state index contributed by atoms with van der Waals surface area (Å²) in [5.41, 5.74) is -0.201. The molecule has 0 aliphatic carbocycles. The number of hydrogen-bond donors (Lipinski definition) is 2. The van der Waals surface area contributed by atoms with Gasteiger partial charge in [-0.05, 0) is 18.6 Å². The molecule has 1 aliphatic heterocycles. The lowest BCUT2D eigenvalue weighted by Crippen LogP contribution is -2.37. The van der Waals surface area contributed by atoms with Crippen LogP contribution in [0.2, 0.25) is 10.0 Å². The molecule has 1 fully saturated rings. The van der Waals surface area contributed by atoms with Crippen LogP contribution < -0.4 is 5.32 Å². The average Bonchev–Trinajstić information content (AvgIpc) is 2.85. The highest BCUT2D eigenvalue weighted by Gasteiger charge is 2.33. The van der Waals surface area contributed by atoms with Crippen molar-refractivity contribution in [2.75, 3.05) is 11.9 Å². The van der Waals surface area contributed by atoms with E-state index in [0.717, 1.165) is 4.90 Å². The molecule has 1 saturated heterocycles. The normalized spacial score (nSPS) is 16.7. The number of carboxylic acid groups (broad SMARTS) is 1. The maximum absolute atomic E-state index is 12.1. The van der Waals surface area contributed by atoms with Gasteiger partial charge in [0.2, 0.25) is 5.91 Å². The van der Waals surface area contributed by atoms with Gasteiger partial charge in [-0.25, -0.2) is 9.59 Å². The summed E-state index contributed by atoms with van der Waals surface area (Å²) >= 11 is 11.9. The van der Waals surface area contributed by atoms with Crippen LogP contribution in [0.25, 0.3) is 0 Å². The Kier molecular flexibility index (Phi) is 6.84. The van der Waals surface area contributed by atoms with E-state index in [2.05, 4.69) is 5.32 Å². The number of rotatable bonds is 2. The van der Waals surface area contributed by atoms with Crippen molar-refractivity contribution in [1.29, 1.82) is 0 Å². The van der Waals surface area contributed by atoms with Gasteiger partial charge in [-0.2, -0.15) is 0 Å². The van der Waals surface area contributed by atoms with E-state index < -0.39 is 12.0 Å². The fraction of sp³-hybridized carbons (Fsp3) is 0.400. The summed E-state index contributed by atoms with van der Waals surface area (Å²) in [6, 6.07) is 1.89. The molecule has 2 N–H and O–H groups in total. The molecule has 23 heavy (non-hydrogen) atoms. The van der Waals surface area contributed by atoms with Crippen LogP contribution in [0.5, 0.6) is 0 Å². The number of aromatic carboxylic acids is 1. The van der Waals surface area contributed by atoms with Crippen LogP contribution >= 0.6 is 23.2 Å². The molecular weight excluding hydrogens is 343 g/mol. The number of likely N-dealkylation sites (tertiary alicyclic amines) is 1. The molecule has 0 bridgehead atoms. The monoisotopic (exact) mass is 360 g/mol. The van der Waals surface area contributed by atoms with Gasteiger partial charge in [0.05, 0.1) is 21.3 Å². The molecule has 1 aromatic rings. The predicted molar refractivity (Wildman–Crippen MR) is 89.3 cm³/mol. The second-order valence-electron chi connectivity index (χ2n) is 4.70. The summed E-state index contributed by atoms with van der Waals surface area (Å²) in [6.45, 7) is 6.04. The van der Waals surface area contributed by atoms with E-state index in [1.807, 2.05) is 13.8 Å². The number of amides is 3. The lowest BCUT2D eigenvalue weighted by Gasteiger charge is -2.17. The van der Waals surface area contributed by atoms with E-state index in [4.69, 9.17) is 28.3 Å². The number of halogens is 2. The quantitative estimate of drug-likeness (QED) is 0.830. The van der Waals surface area contributed by atoms with E-state index in [9.17, 15) is 14.4 Å².